The normalized spacial score (nSPS) is 9.76. The number of terminal acetylenes is 2. The van der Waals surface area contributed by atoms with Crippen molar-refractivity contribution >= 4 is 26.5 Å². The SMILES string of the molecule is C#CCCCCCCC#C.CC#CCCCCCCC#C[Si](C)(C)c1ccccc1.CC#CCCCCCCC#C[Si](C)(C)c1ccccc1. The molecule has 0 N–H and O–H groups in total. The third-order valence-electron chi connectivity index (χ3n) is 8.25. The monoisotopic (exact) mass is 698 g/mol. The Balaban J connectivity index is 0.000000764. The highest BCUT2D eigenvalue weighted by molar-refractivity contribution is 6.96. The standard InChI is InChI=1S/2C19H26Si.C10H14/c2*1-4-5-6-7-8-9-10-11-15-18-20(2,3)19-16-13-12-14-17-19;1-3-5-7-9-10-8-6-4-2/h2*12-14,16-17H,6-11H2,1-3H3;1-2H,5-10H2. The lowest BCUT2D eigenvalue weighted by atomic mass is 10.1. The Bertz CT molecular complexity index is 1340. The van der Waals surface area contributed by atoms with Gasteiger partial charge in [0.15, 0.2) is 16.1 Å². The summed E-state index contributed by atoms with van der Waals surface area (Å²) in [5, 5.41) is 2.87. The third-order valence-corrected chi connectivity index (χ3v) is 13.4. The maximum atomic E-state index is 5.09. The number of rotatable bonds is 17. The summed E-state index contributed by atoms with van der Waals surface area (Å²) in [6.45, 7) is 13.1. The summed E-state index contributed by atoms with van der Waals surface area (Å²) in [6.07, 6.45) is 31.0. The first-order valence-electron chi connectivity index (χ1n) is 19.0. The van der Waals surface area contributed by atoms with Crippen molar-refractivity contribution in [2.24, 2.45) is 0 Å². The van der Waals surface area contributed by atoms with Crippen molar-refractivity contribution in [3.8, 4) is 71.3 Å². The van der Waals surface area contributed by atoms with E-state index in [0.29, 0.717) is 0 Å². The van der Waals surface area contributed by atoms with Crippen molar-refractivity contribution in [2.45, 2.75) is 156 Å². The minimum Gasteiger partial charge on any atom is -0.126 e. The van der Waals surface area contributed by atoms with Crippen LogP contribution in [0, 0.1) is 71.3 Å². The molecule has 0 saturated heterocycles. The van der Waals surface area contributed by atoms with E-state index in [1.807, 2.05) is 13.8 Å². The fourth-order valence-electron chi connectivity index (χ4n) is 5.04. The minimum atomic E-state index is -1.54. The van der Waals surface area contributed by atoms with Crippen LogP contribution in [0.3, 0.4) is 0 Å². The average Bonchev–Trinajstić information content (AvgIpc) is 3.13. The summed E-state index contributed by atoms with van der Waals surface area (Å²) in [7, 11) is -3.09. The second-order valence-corrected chi connectivity index (χ2v) is 21.7. The van der Waals surface area contributed by atoms with Crippen LogP contribution in [-0.4, -0.2) is 16.1 Å². The van der Waals surface area contributed by atoms with E-state index >= 15 is 0 Å². The van der Waals surface area contributed by atoms with Crippen LogP contribution in [0.4, 0.5) is 0 Å². The molecule has 0 spiro atoms. The molecule has 0 heterocycles. The first-order valence-corrected chi connectivity index (χ1v) is 25.0. The Morgan fingerprint density at radius 1 is 0.400 bits per heavy atom. The highest BCUT2D eigenvalue weighted by Crippen LogP contribution is 2.07. The molecule has 2 aromatic rings. The molecule has 0 amide bonds. The van der Waals surface area contributed by atoms with Gasteiger partial charge in [-0.25, -0.2) is 0 Å². The zero-order chi connectivity index (χ0) is 37.0. The molecule has 0 atom stereocenters. The predicted molar refractivity (Wildman–Crippen MR) is 230 cm³/mol. The van der Waals surface area contributed by atoms with Crippen LogP contribution in [0.5, 0.6) is 0 Å². The van der Waals surface area contributed by atoms with E-state index in [4.69, 9.17) is 12.8 Å². The molecule has 2 aromatic carbocycles. The quantitative estimate of drug-likeness (QED) is 0.0876. The summed E-state index contributed by atoms with van der Waals surface area (Å²) in [4.78, 5) is 0. The van der Waals surface area contributed by atoms with Crippen molar-refractivity contribution in [1.82, 2.24) is 0 Å². The van der Waals surface area contributed by atoms with Crippen molar-refractivity contribution in [3.05, 3.63) is 60.7 Å². The summed E-state index contributed by atoms with van der Waals surface area (Å²) in [5.74, 6) is 24.2. The Kier molecular flexibility index (Phi) is 30.0. The maximum Gasteiger partial charge on any atom is 0.162 e. The molecular formula is C48H66Si2. The van der Waals surface area contributed by atoms with Gasteiger partial charge in [-0.15, -0.1) is 71.3 Å². The fraction of sp³-hybridized carbons (Fsp3) is 0.500. The molecule has 2 rings (SSSR count). The molecule has 50 heavy (non-hydrogen) atoms. The van der Waals surface area contributed by atoms with E-state index in [1.165, 1.54) is 74.6 Å². The van der Waals surface area contributed by atoms with Crippen LogP contribution < -0.4 is 10.4 Å². The second kappa shape index (κ2) is 32.4. The van der Waals surface area contributed by atoms with Crippen LogP contribution >= 0.6 is 0 Å². The summed E-state index contributed by atoms with van der Waals surface area (Å²) in [5.41, 5.74) is 7.11. The van der Waals surface area contributed by atoms with Gasteiger partial charge in [-0.3, -0.25) is 0 Å². The molecular weight excluding hydrogens is 633 g/mol. The lowest BCUT2D eigenvalue weighted by Crippen LogP contribution is -2.39. The van der Waals surface area contributed by atoms with Crippen LogP contribution in [0.1, 0.15) is 129 Å². The highest BCUT2D eigenvalue weighted by atomic mass is 28.3. The highest BCUT2D eigenvalue weighted by Gasteiger charge is 2.20. The van der Waals surface area contributed by atoms with Crippen LogP contribution in [-0.2, 0) is 0 Å². The van der Waals surface area contributed by atoms with Crippen LogP contribution in [0.2, 0.25) is 26.2 Å². The largest absolute Gasteiger partial charge is 0.162 e. The van der Waals surface area contributed by atoms with Gasteiger partial charge in [-0.05, 0) is 62.7 Å². The predicted octanol–water partition coefficient (Wildman–Crippen LogP) is 11.6. The molecule has 0 aliphatic carbocycles. The van der Waals surface area contributed by atoms with Gasteiger partial charge >= 0.3 is 0 Å². The topological polar surface area (TPSA) is 0 Å². The molecule has 0 saturated carbocycles. The van der Waals surface area contributed by atoms with Gasteiger partial charge in [0.2, 0.25) is 0 Å². The number of hydrogen-bond acceptors (Lipinski definition) is 0. The zero-order valence-electron chi connectivity index (χ0n) is 32.7. The Labute approximate surface area is 312 Å². The Hall–Kier alpha value is -3.77. The molecule has 0 bridgehead atoms. The molecule has 0 aliphatic rings. The van der Waals surface area contributed by atoms with Gasteiger partial charge in [0.1, 0.15) is 0 Å². The zero-order valence-corrected chi connectivity index (χ0v) is 34.7. The lowest BCUT2D eigenvalue weighted by Gasteiger charge is -2.14. The number of hydrogen-bond donors (Lipinski definition) is 0. The number of benzene rings is 2. The average molecular weight is 699 g/mol. The molecule has 0 radical (unpaired) electrons. The summed E-state index contributed by atoms with van der Waals surface area (Å²) < 4.78 is 0. The fourth-order valence-corrected chi connectivity index (χ4v) is 8.51. The van der Waals surface area contributed by atoms with E-state index in [9.17, 15) is 0 Å². The van der Waals surface area contributed by atoms with Gasteiger partial charge in [0, 0.05) is 38.5 Å². The van der Waals surface area contributed by atoms with Crippen molar-refractivity contribution in [2.75, 3.05) is 0 Å². The van der Waals surface area contributed by atoms with Gasteiger partial charge in [0.05, 0.1) is 0 Å². The van der Waals surface area contributed by atoms with Gasteiger partial charge in [-0.2, -0.15) is 0 Å². The number of unbranched alkanes of at least 4 members (excludes halogenated alkanes) is 15. The molecule has 266 valence electrons. The van der Waals surface area contributed by atoms with Gasteiger partial charge in [-0.1, -0.05) is 125 Å². The molecule has 0 aromatic heterocycles. The van der Waals surface area contributed by atoms with Crippen molar-refractivity contribution in [1.29, 1.82) is 0 Å². The molecule has 2 heteroatoms. The van der Waals surface area contributed by atoms with Crippen molar-refractivity contribution < 1.29 is 0 Å². The summed E-state index contributed by atoms with van der Waals surface area (Å²) in [6, 6.07) is 21.5. The lowest BCUT2D eigenvalue weighted by molar-refractivity contribution is 0.661. The van der Waals surface area contributed by atoms with E-state index < -0.39 is 16.1 Å². The Morgan fingerprint density at radius 3 is 0.960 bits per heavy atom. The van der Waals surface area contributed by atoms with Gasteiger partial charge in [0.25, 0.3) is 0 Å². The minimum absolute atomic E-state index is 0.913. The van der Waals surface area contributed by atoms with Crippen LogP contribution in [0.15, 0.2) is 60.7 Å². The summed E-state index contributed by atoms with van der Waals surface area (Å²) >= 11 is 0. The molecule has 0 aliphatic heterocycles. The molecule has 0 nitrogen and oxygen atoms in total. The smallest absolute Gasteiger partial charge is 0.126 e. The Morgan fingerprint density at radius 2 is 0.680 bits per heavy atom. The third kappa shape index (κ3) is 27.1. The van der Waals surface area contributed by atoms with E-state index in [0.717, 1.165) is 51.4 Å². The molecule has 0 fully saturated rings. The van der Waals surface area contributed by atoms with Crippen molar-refractivity contribution in [3.63, 3.8) is 0 Å². The maximum absolute atomic E-state index is 5.09. The van der Waals surface area contributed by atoms with Crippen LogP contribution in [0.25, 0.3) is 0 Å². The second-order valence-electron chi connectivity index (χ2n) is 13.6. The first kappa shape index (κ1) is 46.2. The molecule has 0 unspecified atom stereocenters. The first-order chi connectivity index (χ1) is 24.2. The van der Waals surface area contributed by atoms with E-state index in [2.05, 4.69) is 145 Å². The van der Waals surface area contributed by atoms with E-state index in [1.54, 1.807) is 0 Å². The van der Waals surface area contributed by atoms with E-state index in [-0.39, 0.29) is 0 Å². The van der Waals surface area contributed by atoms with Gasteiger partial charge < -0.3 is 0 Å².